The standard InChI is InChI=1S/C21H22FN3O2S/c1-15-14-18(22)7-8-20(15)28(26,27)25-11-9-24(10-12-25)21-16(2)13-17-5-3-4-6-19(17)23-21/h3-8,13-14H,9-12H2,1-2H3. The fraction of sp³-hybridized carbons (Fsp3) is 0.286. The van der Waals surface area contributed by atoms with Gasteiger partial charge in [-0.15, -0.1) is 0 Å². The summed E-state index contributed by atoms with van der Waals surface area (Å²) in [7, 11) is -3.64. The molecule has 0 unspecified atom stereocenters. The minimum absolute atomic E-state index is 0.169. The molecule has 3 aromatic rings. The molecule has 1 aliphatic heterocycles. The van der Waals surface area contributed by atoms with Gasteiger partial charge in [0, 0.05) is 31.6 Å². The van der Waals surface area contributed by atoms with Crippen LogP contribution in [0.25, 0.3) is 10.9 Å². The number of aromatic nitrogens is 1. The summed E-state index contributed by atoms with van der Waals surface area (Å²) in [4.78, 5) is 7.08. The van der Waals surface area contributed by atoms with Crippen LogP contribution in [-0.2, 0) is 10.0 Å². The van der Waals surface area contributed by atoms with Crippen LogP contribution in [0.5, 0.6) is 0 Å². The number of piperazine rings is 1. The maximum Gasteiger partial charge on any atom is 0.243 e. The molecule has 5 nitrogen and oxygen atoms in total. The van der Waals surface area contributed by atoms with Crippen molar-refractivity contribution in [2.24, 2.45) is 0 Å². The van der Waals surface area contributed by atoms with Crippen LogP contribution >= 0.6 is 0 Å². The number of nitrogens with zero attached hydrogens (tertiary/aromatic N) is 3. The highest BCUT2D eigenvalue weighted by Gasteiger charge is 2.30. The first-order valence-electron chi connectivity index (χ1n) is 9.24. The van der Waals surface area contributed by atoms with Crippen molar-refractivity contribution in [3.63, 3.8) is 0 Å². The van der Waals surface area contributed by atoms with E-state index in [4.69, 9.17) is 4.98 Å². The maximum absolute atomic E-state index is 13.3. The van der Waals surface area contributed by atoms with Gasteiger partial charge in [-0.05, 0) is 55.3 Å². The number of rotatable bonds is 3. The van der Waals surface area contributed by atoms with Gasteiger partial charge in [-0.2, -0.15) is 4.31 Å². The second-order valence-corrected chi connectivity index (χ2v) is 9.03. The van der Waals surface area contributed by atoms with E-state index in [1.165, 1.54) is 22.5 Å². The van der Waals surface area contributed by atoms with Gasteiger partial charge in [0.2, 0.25) is 10.0 Å². The van der Waals surface area contributed by atoms with Gasteiger partial charge in [-0.1, -0.05) is 18.2 Å². The van der Waals surface area contributed by atoms with Crippen molar-refractivity contribution in [2.75, 3.05) is 31.1 Å². The molecule has 0 atom stereocenters. The van der Waals surface area contributed by atoms with Crippen LogP contribution in [0.2, 0.25) is 0 Å². The number of hydrogen-bond acceptors (Lipinski definition) is 4. The molecule has 2 aromatic carbocycles. The van der Waals surface area contributed by atoms with Gasteiger partial charge in [-0.25, -0.2) is 17.8 Å². The van der Waals surface area contributed by atoms with Gasteiger partial charge in [0.1, 0.15) is 11.6 Å². The summed E-state index contributed by atoms with van der Waals surface area (Å²) in [5, 5.41) is 1.09. The zero-order valence-electron chi connectivity index (χ0n) is 15.9. The topological polar surface area (TPSA) is 53.5 Å². The molecule has 1 fully saturated rings. The third-order valence-corrected chi connectivity index (χ3v) is 7.24. The van der Waals surface area contributed by atoms with Crippen molar-refractivity contribution in [2.45, 2.75) is 18.7 Å². The molecule has 0 amide bonds. The van der Waals surface area contributed by atoms with E-state index in [0.717, 1.165) is 22.3 Å². The Morgan fingerprint density at radius 1 is 0.929 bits per heavy atom. The fourth-order valence-electron chi connectivity index (χ4n) is 3.71. The molecule has 146 valence electrons. The minimum atomic E-state index is -3.64. The summed E-state index contributed by atoms with van der Waals surface area (Å²) >= 11 is 0. The van der Waals surface area contributed by atoms with E-state index >= 15 is 0 Å². The molecule has 28 heavy (non-hydrogen) atoms. The number of aryl methyl sites for hydroxylation is 2. The highest BCUT2D eigenvalue weighted by atomic mass is 32.2. The average Bonchev–Trinajstić information content (AvgIpc) is 2.67. The summed E-state index contributed by atoms with van der Waals surface area (Å²) in [6, 6.07) is 13.9. The van der Waals surface area contributed by atoms with Crippen molar-refractivity contribution in [3.8, 4) is 0 Å². The smallest absolute Gasteiger partial charge is 0.243 e. The summed E-state index contributed by atoms with van der Waals surface area (Å²) in [6.07, 6.45) is 0. The fourth-order valence-corrected chi connectivity index (χ4v) is 5.34. The van der Waals surface area contributed by atoms with E-state index < -0.39 is 15.8 Å². The van der Waals surface area contributed by atoms with Gasteiger partial charge in [0.15, 0.2) is 0 Å². The molecule has 1 aliphatic rings. The van der Waals surface area contributed by atoms with Crippen LogP contribution in [0.15, 0.2) is 53.4 Å². The number of fused-ring (bicyclic) bond motifs is 1. The molecule has 7 heteroatoms. The highest BCUT2D eigenvalue weighted by molar-refractivity contribution is 7.89. The van der Waals surface area contributed by atoms with Gasteiger partial charge in [-0.3, -0.25) is 0 Å². The van der Waals surface area contributed by atoms with Gasteiger partial charge in [0.05, 0.1) is 10.4 Å². The molecule has 0 bridgehead atoms. The quantitative estimate of drug-likeness (QED) is 0.676. The number of pyridine rings is 1. The zero-order chi connectivity index (χ0) is 19.9. The number of hydrogen-bond donors (Lipinski definition) is 0. The molecular formula is C21H22FN3O2S. The van der Waals surface area contributed by atoms with E-state index in [2.05, 4.69) is 11.0 Å². The summed E-state index contributed by atoms with van der Waals surface area (Å²) in [6.45, 7) is 5.51. The molecule has 1 aromatic heterocycles. The van der Waals surface area contributed by atoms with Crippen LogP contribution in [0.1, 0.15) is 11.1 Å². The van der Waals surface area contributed by atoms with E-state index in [1.807, 2.05) is 31.2 Å². The number of para-hydroxylation sites is 1. The molecule has 0 radical (unpaired) electrons. The summed E-state index contributed by atoms with van der Waals surface area (Å²) in [5.41, 5.74) is 2.43. The number of halogens is 1. The Balaban J connectivity index is 1.55. The molecule has 0 spiro atoms. The predicted molar refractivity (Wildman–Crippen MR) is 109 cm³/mol. The van der Waals surface area contributed by atoms with E-state index in [1.54, 1.807) is 6.92 Å². The van der Waals surface area contributed by atoms with Crippen LogP contribution in [0.3, 0.4) is 0 Å². The molecule has 0 saturated carbocycles. The van der Waals surface area contributed by atoms with E-state index in [-0.39, 0.29) is 4.90 Å². The second-order valence-electron chi connectivity index (χ2n) is 7.12. The Hall–Kier alpha value is -2.51. The number of benzene rings is 2. The van der Waals surface area contributed by atoms with Crippen LogP contribution in [0, 0.1) is 19.7 Å². The van der Waals surface area contributed by atoms with Crippen molar-refractivity contribution < 1.29 is 12.8 Å². The maximum atomic E-state index is 13.3. The number of sulfonamides is 1. The Bertz CT molecular complexity index is 1140. The lowest BCUT2D eigenvalue weighted by Crippen LogP contribution is -2.49. The Morgan fingerprint density at radius 3 is 2.36 bits per heavy atom. The Kier molecular flexibility index (Phi) is 4.81. The van der Waals surface area contributed by atoms with Crippen LogP contribution in [-0.4, -0.2) is 43.9 Å². The van der Waals surface area contributed by atoms with Gasteiger partial charge < -0.3 is 4.90 Å². The SMILES string of the molecule is Cc1cc(F)ccc1S(=O)(=O)N1CCN(c2nc3ccccc3cc2C)CC1. The Morgan fingerprint density at radius 2 is 1.64 bits per heavy atom. The van der Waals surface area contributed by atoms with Crippen molar-refractivity contribution >= 4 is 26.7 Å². The third-order valence-electron chi connectivity index (χ3n) is 5.18. The lowest BCUT2D eigenvalue weighted by Gasteiger charge is -2.35. The van der Waals surface area contributed by atoms with Crippen molar-refractivity contribution in [3.05, 3.63) is 65.5 Å². The molecule has 0 N–H and O–H groups in total. The molecule has 4 rings (SSSR count). The van der Waals surface area contributed by atoms with E-state index in [0.29, 0.717) is 31.7 Å². The molecule has 2 heterocycles. The molecular weight excluding hydrogens is 377 g/mol. The number of anilines is 1. The van der Waals surface area contributed by atoms with Crippen molar-refractivity contribution in [1.29, 1.82) is 0 Å². The van der Waals surface area contributed by atoms with Gasteiger partial charge in [0.25, 0.3) is 0 Å². The molecule has 0 aliphatic carbocycles. The Labute approximate surface area is 164 Å². The van der Waals surface area contributed by atoms with E-state index in [9.17, 15) is 12.8 Å². The average molecular weight is 399 g/mol. The lowest BCUT2D eigenvalue weighted by molar-refractivity contribution is 0.383. The molecule has 1 saturated heterocycles. The van der Waals surface area contributed by atoms with Crippen LogP contribution < -0.4 is 4.90 Å². The van der Waals surface area contributed by atoms with Gasteiger partial charge >= 0.3 is 0 Å². The second kappa shape index (κ2) is 7.14. The normalized spacial score (nSPS) is 15.9. The highest BCUT2D eigenvalue weighted by Crippen LogP contribution is 2.26. The lowest BCUT2D eigenvalue weighted by atomic mass is 10.1. The first-order valence-corrected chi connectivity index (χ1v) is 10.7. The first kappa shape index (κ1) is 18.8. The first-order chi connectivity index (χ1) is 13.4. The summed E-state index contributed by atoms with van der Waals surface area (Å²) in [5.74, 6) is 0.466. The van der Waals surface area contributed by atoms with Crippen LogP contribution in [0.4, 0.5) is 10.2 Å². The third kappa shape index (κ3) is 3.36. The zero-order valence-corrected chi connectivity index (χ0v) is 16.7. The summed E-state index contributed by atoms with van der Waals surface area (Å²) < 4.78 is 40.8. The predicted octanol–water partition coefficient (Wildman–Crippen LogP) is 3.50. The minimum Gasteiger partial charge on any atom is -0.354 e. The monoisotopic (exact) mass is 399 g/mol. The largest absolute Gasteiger partial charge is 0.354 e. The van der Waals surface area contributed by atoms with Crippen molar-refractivity contribution in [1.82, 2.24) is 9.29 Å².